The molecule has 0 aliphatic carbocycles. The second-order valence-corrected chi connectivity index (χ2v) is 7.68. The number of aromatic nitrogens is 1. The lowest BCUT2D eigenvalue weighted by molar-refractivity contribution is 0.161. The highest BCUT2D eigenvalue weighted by Gasteiger charge is 2.21. The fraction of sp³-hybridized carbons (Fsp3) is 0.556. The molecule has 0 saturated carbocycles. The van der Waals surface area contributed by atoms with Crippen LogP contribution in [0.15, 0.2) is 28.1 Å². The van der Waals surface area contributed by atoms with Crippen molar-refractivity contribution in [3.8, 4) is 0 Å². The molecule has 1 aliphatic rings. The minimum absolute atomic E-state index is 0.0244. The summed E-state index contributed by atoms with van der Waals surface area (Å²) >= 11 is 1.57. The van der Waals surface area contributed by atoms with E-state index in [1.165, 1.54) is 0 Å². The Balaban J connectivity index is 1.35. The number of amides is 2. The van der Waals surface area contributed by atoms with Gasteiger partial charge in [-0.2, -0.15) is 0 Å². The largest absolute Gasteiger partial charge is 0.465 e. The van der Waals surface area contributed by atoms with Crippen LogP contribution in [0.2, 0.25) is 0 Å². The molecule has 1 N–H and O–H groups in total. The maximum absolute atomic E-state index is 12.2. The SMILES string of the molecule is Cc1ccc(CN2CCC(CNC(=O)N(C)Cc3nccs3)CC2)o1. The van der Waals surface area contributed by atoms with Crippen molar-refractivity contribution < 1.29 is 9.21 Å². The van der Waals surface area contributed by atoms with Crippen LogP contribution in [0.5, 0.6) is 0 Å². The lowest BCUT2D eigenvalue weighted by atomic mass is 9.97. The van der Waals surface area contributed by atoms with E-state index in [0.29, 0.717) is 12.5 Å². The number of piperidine rings is 1. The summed E-state index contributed by atoms with van der Waals surface area (Å²) in [6.07, 6.45) is 3.98. The van der Waals surface area contributed by atoms with Crippen LogP contribution in [0.25, 0.3) is 0 Å². The van der Waals surface area contributed by atoms with E-state index in [1.807, 2.05) is 25.4 Å². The summed E-state index contributed by atoms with van der Waals surface area (Å²) in [5.74, 6) is 2.55. The highest BCUT2D eigenvalue weighted by molar-refractivity contribution is 7.09. The van der Waals surface area contributed by atoms with E-state index < -0.39 is 0 Å². The lowest BCUT2D eigenvalue weighted by Gasteiger charge is -2.31. The number of furan rings is 1. The van der Waals surface area contributed by atoms with Crippen molar-refractivity contribution >= 4 is 17.4 Å². The van der Waals surface area contributed by atoms with Crippen LogP contribution in [0, 0.1) is 12.8 Å². The Hall–Kier alpha value is -1.86. The Bertz CT molecular complexity index is 662. The average molecular weight is 362 g/mol. The minimum atomic E-state index is -0.0244. The van der Waals surface area contributed by atoms with Gasteiger partial charge in [-0.1, -0.05) is 0 Å². The molecule has 25 heavy (non-hydrogen) atoms. The molecular formula is C18H26N4O2S. The molecule has 1 saturated heterocycles. The first kappa shape index (κ1) is 17.9. The molecule has 2 amide bonds. The topological polar surface area (TPSA) is 61.6 Å². The van der Waals surface area contributed by atoms with Crippen LogP contribution in [0.4, 0.5) is 4.79 Å². The van der Waals surface area contributed by atoms with E-state index in [9.17, 15) is 4.79 Å². The number of nitrogens with one attached hydrogen (secondary N) is 1. The molecule has 2 aromatic heterocycles. The molecule has 3 rings (SSSR count). The van der Waals surface area contributed by atoms with Gasteiger partial charge in [0.25, 0.3) is 0 Å². The first-order valence-electron chi connectivity index (χ1n) is 8.75. The second-order valence-electron chi connectivity index (χ2n) is 6.70. The molecule has 6 nitrogen and oxygen atoms in total. The van der Waals surface area contributed by atoms with Gasteiger partial charge in [0.2, 0.25) is 0 Å². The monoisotopic (exact) mass is 362 g/mol. The highest BCUT2D eigenvalue weighted by Crippen LogP contribution is 2.19. The van der Waals surface area contributed by atoms with Crippen molar-refractivity contribution in [1.29, 1.82) is 0 Å². The van der Waals surface area contributed by atoms with Gasteiger partial charge in [-0.05, 0) is 50.9 Å². The Morgan fingerprint density at radius 1 is 1.44 bits per heavy atom. The van der Waals surface area contributed by atoms with E-state index in [4.69, 9.17) is 4.42 Å². The molecular weight excluding hydrogens is 336 g/mol. The van der Waals surface area contributed by atoms with Gasteiger partial charge in [0.1, 0.15) is 16.5 Å². The van der Waals surface area contributed by atoms with E-state index in [-0.39, 0.29) is 6.03 Å². The standard InChI is InChI=1S/C18H26N4O2S/c1-14-3-4-16(24-14)12-22-8-5-15(6-9-22)11-20-18(23)21(2)13-17-19-7-10-25-17/h3-4,7,10,15H,5-6,8-9,11-13H2,1-2H3,(H,20,23). The molecule has 2 aromatic rings. The highest BCUT2D eigenvalue weighted by atomic mass is 32.1. The summed E-state index contributed by atoms with van der Waals surface area (Å²) in [7, 11) is 1.81. The molecule has 0 bridgehead atoms. The molecule has 3 heterocycles. The van der Waals surface area contributed by atoms with Crippen LogP contribution in [-0.4, -0.2) is 47.5 Å². The number of urea groups is 1. The number of hydrogen-bond acceptors (Lipinski definition) is 5. The normalized spacial score (nSPS) is 16.1. The smallest absolute Gasteiger partial charge is 0.317 e. The molecule has 0 unspecified atom stereocenters. The quantitative estimate of drug-likeness (QED) is 0.858. The summed E-state index contributed by atoms with van der Waals surface area (Å²) in [6.45, 7) is 6.26. The van der Waals surface area contributed by atoms with Gasteiger partial charge in [-0.15, -0.1) is 11.3 Å². The summed E-state index contributed by atoms with van der Waals surface area (Å²) in [5.41, 5.74) is 0. The maximum atomic E-state index is 12.2. The van der Waals surface area contributed by atoms with Crippen molar-refractivity contribution in [2.45, 2.75) is 32.9 Å². The second kappa shape index (κ2) is 8.49. The molecule has 0 spiro atoms. The van der Waals surface area contributed by atoms with Gasteiger partial charge in [-0.25, -0.2) is 9.78 Å². The van der Waals surface area contributed by atoms with Crippen molar-refractivity contribution in [2.75, 3.05) is 26.7 Å². The summed E-state index contributed by atoms with van der Waals surface area (Å²) in [5, 5.41) is 5.95. The van der Waals surface area contributed by atoms with E-state index in [0.717, 1.165) is 55.5 Å². The molecule has 1 aliphatic heterocycles. The fourth-order valence-electron chi connectivity index (χ4n) is 3.11. The Labute approximate surface area is 152 Å². The molecule has 7 heteroatoms. The van der Waals surface area contributed by atoms with Crippen LogP contribution in [0.3, 0.4) is 0 Å². The van der Waals surface area contributed by atoms with E-state index in [1.54, 1.807) is 22.4 Å². The zero-order valence-corrected chi connectivity index (χ0v) is 15.7. The third-order valence-electron chi connectivity index (χ3n) is 4.63. The van der Waals surface area contributed by atoms with Crippen molar-refractivity contribution in [3.63, 3.8) is 0 Å². The number of carbonyl (C=O) groups excluding carboxylic acids is 1. The lowest BCUT2D eigenvalue weighted by Crippen LogP contribution is -2.42. The number of thiazole rings is 1. The molecule has 136 valence electrons. The third kappa shape index (κ3) is 5.31. The third-order valence-corrected chi connectivity index (χ3v) is 5.39. The van der Waals surface area contributed by atoms with Crippen LogP contribution < -0.4 is 5.32 Å². The first-order chi connectivity index (χ1) is 12.1. The molecule has 0 radical (unpaired) electrons. The maximum Gasteiger partial charge on any atom is 0.317 e. The van der Waals surface area contributed by atoms with Crippen LogP contribution in [0.1, 0.15) is 29.4 Å². The summed E-state index contributed by atoms with van der Waals surface area (Å²) in [6, 6.07) is 4.04. The molecule has 1 fully saturated rings. The van der Waals surface area contributed by atoms with Gasteiger partial charge in [0.05, 0.1) is 13.1 Å². The van der Waals surface area contributed by atoms with Crippen LogP contribution >= 0.6 is 11.3 Å². The van der Waals surface area contributed by atoms with Gasteiger partial charge in [0.15, 0.2) is 0 Å². The molecule has 0 atom stereocenters. The van der Waals surface area contributed by atoms with Gasteiger partial charge >= 0.3 is 6.03 Å². The van der Waals surface area contributed by atoms with Crippen molar-refractivity contribution in [3.05, 3.63) is 40.2 Å². The Morgan fingerprint density at radius 3 is 2.88 bits per heavy atom. The van der Waals surface area contributed by atoms with E-state index in [2.05, 4.69) is 21.3 Å². The van der Waals surface area contributed by atoms with Gasteiger partial charge < -0.3 is 14.6 Å². The Morgan fingerprint density at radius 2 is 2.24 bits per heavy atom. The zero-order valence-electron chi connectivity index (χ0n) is 14.9. The minimum Gasteiger partial charge on any atom is -0.465 e. The van der Waals surface area contributed by atoms with E-state index >= 15 is 0 Å². The fourth-order valence-corrected chi connectivity index (χ4v) is 3.78. The van der Waals surface area contributed by atoms with Gasteiger partial charge in [-0.3, -0.25) is 4.90 Å². The van der Waals surface area contributed by atoms with Crippen LogP contribution in [-0.2, 0) is 13.1 Å². The zero-order chi connectivity index (χ0) is 17.6. The summed E-state index contributed by atoms with van der Waals surface area (Å²) < 4.78 is 5.65. The van der Waals surface area contributed by atoms with Gasteiger partial charge in [0, 0.05) is 25.2 Å². The Kier molecular flexibility index (Phi) is 6.09. The van der Waals surface area contributed by atoms with Crippen molar-refractivity contribution in [1.82, 2.24) is 20.1 Å². The average Bonchev–Trinajstić information content (AvgIpc) is 3.25. The number of nitrogens with zero attached hydrogens (tertiary/aromatic N) is 3. The summed E-state index contributed by atoms with van der Waals surface area (Å²) in [4.78, 5) is 20.5. The number of likely N-dealkylation sites (tertiary alicyclic amines) is 1. The number of aryl methyl sites for hydroxylation is 1. The molecule has 0 aromatic carbocycles. The predicted molar refractivity (Wildman–Crippen MR) is 98.4 cm³/mol. The number of carbonyl (C=O) groups is 1. The number of hydrogen-bond donors (Lipinski definition) is 1. The van der Waals surface area contributed by atoms with Crippen molar-refractivity contribution in [2.24, 2.45) is 5.92 Å². The number of rotatable bonds is 6. The first-order valence-corrected chi connectivity index (χ1v) is 9.63. The predicted octanol–water partition coefficient (Wildman–Crippen LogP) is 3.10.